The van der Waals surface area contributed by atoms with Crippen LogP contribution in [0.3, 0.4) is 0 Å². The molecule has 0 bridgehead atoms. The quantitative estimate of drug-likeness (QED) is 0.772. The molecule has 0 aliphatic carbocycles. The Balaban J connectivity index is 1.40. The van der Waals surface area contributed by atoms with E-state index in [0.717, 1.165) is 16.0 Å². The van der Waals surface area contributed by atoms with Gasteiger partial charge in [-0.1, -0.05) is 36.4 Å². The minimum Gasteiger partial charge on any atom is -0.454 e. The molecule has 0 unspecified atom stereocenters. The molecule has 0 aromatic heterocycles. The van der Waals surface area contributed by atoms with Crippen molar-refractivity contribution in [2.45, 2.75) is 12.6 Å². The van der Waals surface area contributed by atoms with E-state index in [1.165, 1.54) is 0 Å². The number of carbonyl (C=O) groups is 3. The van der Waals surface area contributed by atoms with E-state index in [1.807, 2.05) is 36.4 Å². The van der Waals surface area contributed by atoms with Gasteiger partial charge in [0.25, 0.3) is 5.91 Å². The van der Waals surface area contributed by atoms with Gasteiger partial charge in [0.1, 0.15) is 0 Å². The molecule has 1 fully saturated rings. The van der Waals surface area contributed by atoms with Crippen LogP contribution < -0.4 is 20.1 Å². The summed E-state index contributed by atoms with van der Waals surface area (Å²) in [6.07, 6.45) is -0.710. The highest BCUT2D eigenvalue weighted by Gasteiger charge is 2.33. The summed E-state index contributed by atoms with van der Waals surface area (Å²) in [4.78, 5) is 37.1. The third-order valence-electron chi connectivity index (χ3n) is 4.60. The number of ether oxygens (including phenoxy) is 3. The van der Waals surface area contributed by atoms with Crippen LogP contribution in [-0.2, 0) is 16.1 Å². The molecule has 2 aromatic rings. The first-order valence-electron chi connectivity index (χ1n) is 9.05. The van der Waals surface area contributed by atoms with E-state index >= 15 is 0 Å². The molecule has 9 nitrogen and oxygen atoms in total. The second-order valence-corrected chi connectivity index (χ2v) is 6.54. The van der Waals surface area contributed by atoms with Crippen molar-refractivity contribution in [3.8, 4) is 11.5 Å². The average Bonchev–Trinajstić information content (AvgIpc) is 3.33. The van der Waals surface area contributed by atoms with Gasteiger partial charge in [-0.3, -0.25) is 4.79 Å². The molecule has 2 aromatic carbocycles. The van der Waals surface area contributed by atoms with Crippen LogP contribution in [0.15, 0.2) is 48.5 Å². The van der Waals surface area contributed by atoms with Gasteiger partial charge in [0.2, 0.25) is 6.79 Å². The summed E-state index contributed by atoms with van der Waals surface area (Å²) in [5.74, 6) is 0.876. The van der Waals surface area contributed by atoms with E-state index in [4.69, 9.17) is 14.2 Å². The van der Waals surface area contributed by atoms with Gasteiger partial charge in [0.15, 0.2) is 18.1 Å². The van der Waals surface area contributed by atoms with E-state index in [9.17, 15) is 14.4 Å². The first-order chi connectivity index (χ1) is 14.1. The third kappa shape index (κ3) is 4.23. The monoisotopic (exact) mass is 397 g/mol. The number of benzene rings is 2. The fraction of sp³-hybridized carbons (Fsp3) is 0.250. The van der Waals surface area contributed by atoms with Crippen molar-refractivity contribution < 1.29 is 28.6 Å². The third-order valence-corrected chi connectivity index (χ3v) is 4.60. The van der Waals surface area contributed by atoms with Crippen LogP contribution in [0, 0.1) is 0 Å². The lowest BCUT2D eigenvalue weighted by Gasteiger charge is -2.23. The standard InChI is InChI=1S/C20H19N3O6/c24-18-11-27-20(26)23(18)10-15(14-4-2-1-3-5-14)22-19(25)21-9-13-6-7-16-17(8-13)29-12-28-16/h1-8,15H,9-12H2,(H2,21,22,25)/t15-/m0/s1. The molecule has 4 amide bonds. The maximum absolute atomic E-state index is 12.5. The molecule has 29 heavy (non-hydrogen) atoms. The van der Waals surface area contributed by atoms with E-state index in [-0.39, 0.29) is 26.5 Å². The van der Waals surface area contributed by atoms with Crippen LogP contribution >= 0.6 is 0 Å². The van der Waals surface area contributed by atoms with Crippen molar-refractivity contribution in [3.05, 3.63) is 59.7 Å². The minimum atomic E-state index is -0.710. The molecule has 0 saturated carbocycles. The van der Waals surface area contributed by atoms with Crippen molar-refractivity contribution in [2.24, 2.45) is 0 Å². The van der Waals surface area contributed by atoms with Gasteiger partial charge in [-0.05, 0) is 23.3 Å². The topological polar surface area (TPSA) is 106 Å². The van der Waals surface area contributed by atoms with Gasteiger partial charge in [0, 0.05) is 6.54 Å². The zero-order chi connectivity index (χ0) is 20.2. The first kappa shape index (κ1) is 18.6. The molecule has 2 aliphatic rings. The zero-order valence-corrected chi connectivity index (χ0v) is 15.4. The van der Waals surface area contributed by atoms with Crippen molar-refractivity contribution >= 4 is 18.0 Å². The summed E-state index contributed by atoms with van der Waals surface area (Å²) < 4.78 is 15.3. The molecule has 1 atom stereocenters. The van der Waals surface area contributed by atoms with Crippen LogP contribution in [-0.4, -0.2) is 42.9 Å². The molecule has 150 valence electrons. The smallest absolute Gasteiger partial charge is 0.417 e. The Morgan fingerprint density at radius 1 is 1.03 bits per heavy atom. The number of hydrogen-bond donors (Lipinski definition) is 2. The van der Waals surface area contributed by atoms with Gasteiger partial charge in [-0.25, -0.2) is 14.5 Å². The number of hydrogen-bond acceptors (Lipinski definition) is 6. The zero-order valence-electron chi connectivity index (χ0n) is 15.4. The summed E-state index contributed by atoms with van der Waals surface area (Å²) in [6.45, 7) is 0.160. The molecule has 2 heterocycles. The molecule has 1 saturated heterocycles. The number of nitrogens with one attached hydrogen (secondary N) is 2. The summed E-state index contributed by atoms with van der Waals surface area (Å²) in [7, 11) is 0. The lowest BCUT2D eigenvalue weighted by molar-refractivity contribution is -0.126. The Hall–Kier alpha value is -3.75. The normalized spacial score (nSPS) is 15.8. The van der Waals surface area contributed by atoms with Gasteiger partial charge in [-0.15, -0.1) is 0 Å². The molecule has 2 N–H and O–H groups in total. The summed E-state index contributed by atoms with van der Waals surface area (Å²) >= 11 is 0. The Labute approximate surface area is 166 Å². The molecule has 2 aliphatic heterocycles. The van der Waals surface area contributed by atoms with Crippen molar-refractivity contribution in [1.82, 2.24) is 15.5 Å². The van der Waals surface area contributed by atoms with E-state index < -0.39 is 24.1 Å². The molecular formula is C20H19N3O6. The van der Waals surface area contributed by atoms with Gasteiger partial charge < -0.3 is 24.8 Å². The van der Waals surface area contributed by atoms with Crippen molar-refractivity contribution in [2.75, 3.05) is 19.9 Å². The Morgan fingerprint density at radius 3 is 2.59 bits per heavy atom. The number of imide groups is 1. The van der Waals surface area contributed by atoms with Crippen LogP contribution in [0.25, 0.3) is 0 Å². The minimum absolute atomic E-state index is 0.0148. The van der Waals surface area contributed by atoms with Crippen LogP contribution in [0.5, 0.6) is 11.5 Å². The Bertz CT molecular complexity index is 917. The summed E-state index contributed by atoms with van der Waals surface area (Å²) in [6, 6.07) is 13.5. The summed E-state index contributed by atoms with van der Waals surface area (Å²) in [5, 5.41) is 5.59. The van der Waals surface area contributed by atoms with Crippen LogP contribution in [0.2, 0.25) is 0 Å². The maximum Gasteiger partial charge on any atom is 0.417 e. The highest BCUT2D eigenvalue weighted by atomic mass is 16.7. The number of fused-ring (bicyclic) bond motifs is 1. The Morgan fingerprint density at radius 2 is 1.83 bits per heavy atom. The number of cyclic esters (lactones) is 1. The second kappa shape index (κ2) is 8.09. The fourth-order valence-electron chi connectivity index (χ4n) is 3.10. The van der Waals surface area contributed by atoms with E-state index in [2.05, 4.69) is 10.6 Å². The number of nitrogens with zero attached hydrogens (tertiary/aromatic N) is 1. The highest BCUT2D eigenvalue weighted by Crippen LogP contribution is 2.32. The number of carbonyl (C=O) groups excluding carboxylic acids is 3. The predicted molar refractivity (Wildman–Crippen MR) is 100 cm³/mol. The van der Waals surface area contributed by atoms with Crippen LogP contribution in [0.1, 0.15) is 17.2 Å². The van der Waals surface area contributed by atoms with E-state index in [0.29, 0.717) is 11.5 Å². The van der Waals surface area contributed by atoms with Gasteiger partial charge >= 0.3 is 12.1 Å². The molecule has 0 spiro atoms. The molecule has 0 radical (unpaired) electrons. The number of amides is 4. The molecule has 9 heteroatoms. The van der Waals surface area contributed by atoms with Crippen LogP contribution in [0.4, 0.5) is 9.59 Å². The second-order valence-electron chi connectivity index (χ2n) is 6.54. The van der Waals surface area contributed by atoms with E-state index in [1.54, 1.807) is 12.1 Å². The lowest BCUT2D eigenvalue weighted by atomic mass is 10.1. The van der Waals surface area contributed by atoms with Crippen molar-refractivity contribution in [1.29, 1.82) is 0 Å². The molecule has 4 rings (SSSR count). The largest absolute Gasteiger partial charge is 0.454 e. The molecular weight excluding hydrogens is 378 g/mol. The number of urea groups is 1. The maximum atomic E-state index is 12.5. The lowest BCUT2D eigenvalue weighted by Crippen LogP contribution is -2.43. The number of rotatable bonds is 6. The average molecular weight is 397 g/mol. The van der Waals surface area contributed by atoms with Gasteiger partial charge in [0.05, 0.1) is 12.6 Å². The highest BCUT2D eigenvalue weighted by molar-refractivity contribution is 5.97. The van der Waals surface area contributed by atoms with Gasteiger partial charge in [-0.2, -0.15) is 0 Å². The Kier molecular flexibility index (Phi) is 5.19. The van der Waals surface area contributed by atoms with Crippen molar-refractivity contribution in [3.63, 3.8) is 0 Å². The fourth-order valence-corrected chi connectivity index (χ4v) is 3.10. The summed E-state index contributed by atoms with van der Waals surface area (Å²) in [5.41, 5.74) is 1.61. The SMILES string of the molecule is O=C(NCc1ccc2c(c1)OCO2)N[C@@H](CN1C(=O)COC1=O)c1ccccc1. The predicted octanol–water partition coefficient (Wildman–Crippen LogP) is 1.93. The first-order valence-corrected chi connectivity index (χ1v) is 9.05.